The van der Waals surface area contributed by atoms with Crippen LogP contribution >= 0.6 is 11.3 Å². The second kappa shape index (κ2) is 9.77. The number of methoxy groups -OCH3 is 1. The zero-order valence-electron chi connectivity index (χ0n) is 15.8. The zero-order valence-corrected chi connectivity index (χ0v) is 16.6. The molecule has 1 aliphatic heterocycles. The third-order valence-electron chi connectivity index (χ3n) is 4.86. The van der Waals surface area contributed by atoms with Crippen LogP contribution in [0.2, 0.25) is 0 Å². The molecule has 28 heavy (non-hydrogen) atoms. The van der Waals surface area contributed by atoms with Crippen molar-refractivity contribution in [2.75, 3.05) is 26.8 Å². The molecule has 150 valence electrons. The number of benzene rings is 1. The number of nitrogens with zero attached hydrogens (tertiary/aromatic N) is 2. The highest BCUT2D eigenvalue weighted by Crippen LogP contribution is 2.24. The van der Waals surface area contributed by atoms with Crippen molar-refractivity contribution in [1.29, 1.82) is 0 Å². The molecular formula is C20H25N3O4S. The van der Waals surface area contributed by atoms with Crippen molar-refractivity contribution < 1.29 is 19.4 Å². The molecule has 2 N–H and O–H groups in total. The number of hydrogen-bond donors (Lipinski definition) is 2. The minimum absolute atomic E-state index is 0.0442. The molecule has 0 spiro atoms. The summed E-state index contributed by atoms with van der Waals surface area (Å²) in [5.74, 6) is -0.687. The predicted octanol–water partition coefficient (Wildman–Crippen LogP) is 1.40. The fourth-order valence-electron chi connectivity index (χ4n) is 3.33. The molecule has 3 unspecified atom stereocenters. The number of likely N-dealkylation sites (tertiary alicyclic amines) is 1. The molecule has 2 amide bonds. The number of amides is 2. The fraction of sp³-hybridized carbons (Fsp3) is 0.450. The maximum absolute atomic E-state index is 12.8. The summed E-state index contributed by atoms with van der Waals surface area (Å²) in [6.45, 7) is 1.30. The Kier molecular flexibility index (Phi) is 7.13. The lowest BCUT2D eigenvalue weighted by Crippen LogP contribution is -2.44. The van der Waals surface area contributed by atoms with E-state index in [0.717, 1.165) is 5.56 Å². The molecule has 0 aliphatic carbocycles. The van der Waals surface area contributed by atoms with Gasteiger partial charge in [-0.1, -0.05) is 30.3 Å². The molecule has 3 atom stereocenters. The van der Waals surface area contributed by atoms with Crippen LogP contribution in [0.15, 0.2) is 41.9 Å². The maximum atomic E-state index is 12.8. The largest absolute Gasteiger partial charge is 0.384 e. The first kappa shape index (κ1) is 20.4. The van der Waals surface area contributed by atoms with E-state index in [1.54, 1.807) is 23.6 Å². The lowest BCUT2D eigenvalue weighted by molar-refractivity contribution is -0.129. The molecule has 1 aromatic heterocycles. The van der Waals surface area contributed by atoms with Crippen LogP contribution in [0, 0.1) is 5.92 Å². The van der Waals surface area contributed by atoms with Gasteiger partial charge in [0.15, 0.2) is 0 Å². The summed E-state index contributed by atoms with van der Waals surface area (Å²) >= 11 is 1.35. The number of aliphatic hydroxyl groups is 1. The van der Waals surface area contributed by atoms with Gasteiger partial charge in [-0.25, -0.2) is 4.98 Å². The molecule has 1 aliphatic rings. The summed E-state index contributed by atoms with van der Waals surface area (Å²) in [6.07, 6.45) is 1.38. The first-order valence-corrected chi connectivity index (χ1v) is 10.1. The summed E-state index contributed by atoms with van der Waals surface area (Å²) < 4.78 is 5.02. The third-order valence-corrected chi connectivity index (χ3v) is 5.71. The van der Waals surface area contributed by atoms with Crippen LogP contribution < -0.4 is 5.32 Å². The normalized spacial score (nSPS) is 18.9. The minimum Gasteiger partial charge on any atom is -0.384 e. The molecule has 1 saturated heterocycles. The van der Waals surface area contributed by atoms with Crippen molar-refractivity contribution in [3.8, 4) is 0 Å². The van der Waals surface area contributed by atoms with Crippen LogP contribution in [0.1, 0.15) is 23.1 Å². The van der Waals surface area contributed by atoms with Crippen LogP contribution in [0.3, 0.4) is 0 Å². The SMILES string of the molecule is COCCN1CC(C(=O)NC(Cc2ccccc2)C(O)c2nccs2)CC1=O. The molecule has 7 nitrogen and oxygen atoms in total. The van der Waals surface area contributed by atoms with Crippen molar-refractivity contribution in [2.24, 2.45) is 5.92 Å². The molecule has 1 aromatic carbocycles. The Morgan fingerprint density at radius 1 is 1.43 bits per heavy atom. The van der Waals surface area contributed by atoms with Gasteiger partial charge in [0.2, 0.25) is 11.8 Å². The van der Waals surface area contributed by atoms with E-state index in [9.17, 15) is 14.7 Å². The maximum Gasteiger partial charge on any atom is 0.225 e. The molecule has 2 aromatic rings. The van der Waals surface area contributed by atoms with Gasteiger partial charge in [0, 0.05) is 38.2 Å². The van der Waals surface area contributed by atoms with E-state index in [4.69, 9.17) is 4.74 Å². The van der Waals surface area contributed by atoms with Crippen LogP contribution in [0.5, 0.6) is 0 Å². The Morgan fingerprint density at radius 3 is 2.89 bits per heavy atom. The smallest absolute Gasteiger partial charge is 0.225 e. The van der Waals surface area contributed by atoms with E-state index in [1.165, 1.54) is 11.3 Å². The number of ether oxygens (including phenoxy) is 1. The van der Waals surface area contributed by atoms with Gasteiger partial charge in [0.25, 0.3) is 0 Å². The number of carbonyl (C=O) groups excluding carboxylic acids is 2. The van der Waals surface area contributed by atoms with E-state index < -0.39 is 18.1 Å². The predicted molar refractivity (Wildman–Crippen MR) is 106 cm³/mol. The van der Waals surface area contributed by atoms with Crippen LogP contribution in [-0.4, -0.2) is 59.7 Å². The zero-order chi connectivity index (χ0) is 19.9. The summed E-state index contributed by atoms with van der Waals surface area (Å²) in [4.78, 5) is 30.8. The summed E-state index contributed by atoms with van der Waals surface area (Å²) in [5, 5.41) is 16.1. The van der Waals surface area contributed by atoms with E-state index >= 15 is 0 Å². The van der Waals surface area contributed by atoms with Crippen LogP contribution in [-0.2, 0) is 20.7 Å². The fourth-order valence-corrected chi connectivity index (χ4v) is 4.01. The number of thiazole rings is 1. The van der Waals surface area contributed by atoms with Crippen LogP contribution in [0.4, 0.5) is 0 Å². The molecule has 0 saturated carbocycles. The molecule has 1 fully saturated rings. The Balaban J connectivity index is 1.68. The van der Waals surface area contributed by atoms with Crippen molar-refractivity contribution in [3.63, 3.8) is 0 Å². The molecule has 0 radical (unpaired) electrons. The second-order valence-electron chi connectivity index (χ2n) is 6.85. The summed E-state index contributed by atoms with van der Waals surface area (Å²) in [7, 11) is 1.58. The Hall–Kier alpha value is -2.29. The number of aliphatic hydroxyl groups excluding tert-OH is 1. The van der Waals surface area contributed by atoms with Gasteiger partial charge in [-0.05, 0) is 12.0 Å². The number of aromatic nitrogens is 1. The lowest BCUT2D eigenvalue weighted by Gasteiger charge is -2.24. The molecule has 0 bridgehead atoms. The Labute approximate surface area is 168 Å². The Morgan fingerprint density at radius 2 is 2.21 bits per heavy atom. The van der Waals surface area contributed by atoms with Gasteiger partial charge in [0.1, 0.15) is 11.1 Å². The number of hydrogen-bond acceptors (Lipinski definition) is 6. The van der Waals surface area contributed by atoms with Gasteiger partial charge in [-0.3, -0.25) is 9.59 Å². The molecule has 2 heterocycles. The quantitative estimate of drug-likeness (QED) is 0.660. The average molecular weight is 404 g/mol. The van der Waals surface area contributed by atoms with E-state index in [1.807, 2.05) is 30.3 Å². The van der Waals surface area contributed by atoms with E-state index in [0.29, 0.717) is 31.1 Å². The highest BCUT2D eigenvalue weighted by Gasteiger charge is 2.36. The Bertz CT molecular complexity index is 769. The minimum atomic E-state index is -0.911. The molecular weight excluding hydrogens is 378 g/mol. The second-order valence-corrected chi connectivity index (χ2v) is 7.78. The van der Waals surface area contributed by atoms with Gasteiger partial charge in [-0.15, -0.1) is 11.3 Å². The van der Waals surface area contributed by atoms with Crippen LogP contribution in [0.25, 0.3) is 0 Å². The number of nitrogens with one attached hydrogen (secondary N) is 1. The molecule has 3 rings (SSSR count). The highest BCUT2D eigenvalue weighted by atomic mass is 32.1. The van der Waals surface area contributed by atoms with Gasteiger partial charge in [0.05, 0.1) is 18.6 Å². The van der Waals surface area contributed by atoms with Crippen molar-refractivity contribution in [1.82, 2.24) is 15.2 Å². The van der Waals surface area contributed by atoms with Gasteiger partial charge >= 0.3 is 0 Å². The van der Waals surface area contributed by atoms with Gasteiger partial charge in [-0.2, -0.15) is 0 Å². The highest BCUT2D eigenvalue weighted by molar-refractivity contribution is 7.09. The number of rotatable bonds is 9. The summed E-state index contributed by atoms with van der Waals surface area (Å²) in [6, 6.07) is 9.16. The van der Waals surface area contributed by atoms with Crippen molar-refractivity contribution in [3.05, 3.63) is 52.5 Å². The van der Waals surface area contributed by atoms with Gasteiger partial charge < -0.3 is 20.1 Å². The van der Waals surface area contributed by atoms with Crippen molar-refractivity contribution in [2.45, 2.75) is 25.0 Å². The first-order chi connectivity index (χ1) is 13.6. The van der Waals surface area contributed by atoms with E-state index in [-0.39, 0.29) is 18.2 Å². The monoisotopic (exact) mass is 403 g/mol. The molecule has 8 heteroatoms. The van der Waals surface area contributed by atoms with E-state index in [2.05, 4.69) is 10.3 Å². The number of carbonyl (C=O) groups is 2. The van der Waals surface area contributed by atoms with Crippen molar-refractivity contribution >= 4 is 23.2 Å². The third kappa shape index (κ3) is 5.15. The lowest BCUT2D eigenvalue weighted by atomic mass is 9.99. The standard InChI is InChI=1S/C20H25N3O4S/c1-27-9-8-23-13-15(12-17(23)24)19(26)22-16(11-14-5-3-2-4-6-14)18(25)20-21-7-10-28-20/h2-7,10,15-16,18,25H,8-9,11-13H2,1H3,(H,22,26). The first-order valence-electron chi connectivity index (χ1n) is 9.27. The average Bonchev–Trinajstić information content (AvgIpc) is 3.36. The topological polar surface area (TPSA) is 91.8 Å². The summed E-state index contributed by atoms with van der Waals surface area (Å²) in [5.41, 5.74) is 1.01.